The Morgan fingerprint density at radius 3 is 2.43 bits per heavy atom. The maximum Gasteiger partial charge on any atom is 0.252 e. The average molecular weight is 333 g/mol. The van der Waals surface area contributed by atoms with Gasteiger partial charge in [-0.1, -0.05) is 24.9 Å². The molecule has 0 bridgehead atoms. The van der Waals surface area contributed by atoms with E-state index in [4.69, 9.17) is 16.7 Å². The number of sulfonamides is 1. The maximum absolute atomic E-state index is 12.4. The normalized spacial score (nSPS) is 12.3. The smallest absolute Gasteiger partial charge is 0.252 e. The summed E-state index contributed by atoms with van der Waals surface area (Å²) < 4.78 is 23.1. The van der Waals surface area contributed by atoms with Gasteiger partial charge in [0.25, 0.3) is 5.91 Å². The Kier molecular flexibility index (Phi) is 5.41. The predicted octanol–water partition coefficient (Wildman–Crippen LogP) is 2.60. The summed E-state index contributed by atoms with van der Waals surface area (Å²) >= 11 is 5.90. The molecule has 0 aromatic heterocycles. The topological polar surface area (TPSA) is 89.3 Å². The van der Waals surface area contributed by atoms with E-state index in [-0.39, 0.29) is 26.9 Å². The van der Waals surface area contributed by atoms with Crippen molar-refractivity contribution in [1.82, 2.24) is 5.32 Å². The van der Waals surface area contributed by atoms with Crippen LogP contribution in [0.5, 0.6) is 0 Å². The molecule has 3 N–H and O–H groups in total. The molecule has 1 rings (SSSR count). The van der Waals surface area contributed by atoms with Crippen LogP contribution in [0.4, 0.5) is 0 Å². The van der Waals surface area contributed by atoms with Gasteiger partial charge in [-0.05, 0) is 44.9 Å². The van der Waals surface area contributed by atoms with Crippen molar-refractivity contribution >= 4 is 27.5 Å². The summed E-state index contributed by atoms with van der Waals surface area (Å²) in [4.78, 5) is 12.3. The lowest BCUT2D eigenvalue weighted by atomic mass is 9.97. The van der Waals surface area contributed by atoms with Gasteiger partial charge in [0.15, 0.2) is 0 Å². The molecule has 7 heteroatoms. The van der Waals surface area contributed by atoms with Gasteiger partial charge in [-0.3, -0.25) is 4.79 Å². The van der Waals surface area contributed by atoms with E-state index in [1.807, 2.05) is 20.8 Å². The van der Waals surface area contributed by atoms with Crippen LogP contribution in [-0.2, 0) is 10.0 Å². The standard InChI is InChI=1S/C14H21ClN2O3S/c1-5-6-14(3,4)17-13(18)11-7-10(15)8-12(9(11)2)21(16,19)20/h7-8H,5-6H2,1-4H3,(H,17,18)(H2,16,19,20). The van der Waals surface area contributed by atoms with E-state index in [9.17, 15) is 13.2 Å². The zero-order valence-electron chi connectivity index (χ0n) is 12.7. The van der Waals surface area contributed by atoms with E-state index in [1.165, 1.54) is 19.1 Å². The zero-order chi connectivity index (χ0) is 16.4. The number of carbonyl (C=O) groups is 1. The molecule has 0 fully saturated rings. The largest absolute Gasteiger partial charge is 0.347 e. The third kappa shape index (κ3) is 4.69. The molecule has 1 amide bonds. The Balaban J connectivity index is 3.26. The Hall–Kier alpha value is -1.11. The van der Waals surface area contributed by atoms with E-state index in [2.05, 4.69) is 5.32 Å². The van der Waals surface area contributed by atoms with Gasteiger partial charge >= 0.3 is 0 Å². The third-order valence-corrected chi connectivity index (χ3v) is 4.46. The maximum atomic E-state index is 12.4. The fourth-order valence-electron chi connectivity index (χ4n) is 2.25. The van der Waals surface area contributed by atoms with Crippen LogP contribution in [0.15, 0.2) is 17.0 Å². The molecule has 0 aliphatic heterocycles. The van der Waals surface area contributed by atoms with Gasteiger partial charge in [0, 0.05) is 16.1 Å². The molecule has 5 nitrogen and oxygen atoms in total. The van der Waals surface area contributed by atoms with Gasteiger partial charge in [0.1, 0.15) is 0 Å². The second-order valence-electron chi connectivity index (χ2n) is 5.71. The molecule has 0 aliphatic carbocycles. The Bertz CT molecular complexity index is 654. The first-order valence-electron chi connectivity index (χ1n) is 6.63. The van der Waals surface area contributed by atoms with Crippen molar-refractivity contribution in [2.24, 2.45) is 5.14 Å². The van der Waals surface area contributed by atoms with Crippen LogP contribution >= 0.6 is 11.6 Å². The quantitative estimate of drug-likeness (QED) is 0.868. The fourth-order valence-corrected chi connectivity index (χ4v) is 3.36. The summed E-state index contributed by atoms with van der Waals surface area (Å²) in [5.41, 5.74) is 0.130. The number of benzene rings is 1. The Morgan fingerprint density at radius 2 is 1.95 bits per heavy atom. The van der Waals surface area contributed by atoms with Gasteiger partial charge in [-0.15, -0.1) is 0 Å². The Labute approximate surface area is 130 Å². The molecular formula is C14H21ClN2O3S. The van der Waals surface area contributed by atoms with E-state index in [0.717, 1.165) is 12.8 Å². The summed E-state index contributed by atoms with van der Waals surface area (Å²) in [6.07, 6.45) is 1.73. The number of rotatable bonds is 5. The summed E-state index contributed by atoms with van der Waals surface area (Å²) in [6.45, 7) is 7.39. The van der Waals surface area contributed by atoms with Gasteiger partial charge < -0.3 is 5.32 Å². The van der Waals surface area contributed by atoms with Gasteiger partial charge in [0.2, 0.25) is 10.0 Å². The highest BCUT2D eigenvalue weighted by atomic mass is 35.5. The van der Waals surface area contributed by atoms with Crippen LogP contribution in [0.1, 0.15) is 49.5 Å². The molecule has 0 heterocycles. The highest BCUT2D eigenvalue weighted by molar-refractivity contribution is 7.89. The molecule has 1 aromatic rings. The first kappa shape index (κ1) is 17.9. The average Bonchev–Trinajstić information content (AvgIpc) is 2.29. The summed E-state index contributed by atoms with van der Waals surface area (Å²) in [7, 11) is -3.93. The number of carbonyl (C=O) groups excluding carboxylic acids is 1. The molecule has 118 valence electrons. The highest BCUT2D eigenvalue weighted by Gasteiger charge is 2.24. The second kappa shape index (κ2) is 6.34. The summed E-state index contributed by atoms with van der Waals surface area (Å²) in [5, 5.41) is 8.19. The van der Waals surface area contributed by atoms with Crippen molar-refractivity contribution in [3.05, 3.63) is 28.3 Å². The SMILES string of the molecule is CCCC(C)(C)NC(=O)c1cc(Cl)cc(S(N)(=O)=O)c1C. The van der Waals surface area contributed by atoms with Gasteiger partial charge in [0.05, 0.1) is 4.90 Å². The van der Waals surface area contributed by atoms with Gasteiger partial charge in [-0.2, -0.15) is 0 Å². The summed E-state index contributed by atoms with van der Waals surface area (Å²) in [5.74, 6) is -0.363. The molecule has 0 spiro atoms. The molecule has 0 radical (unpaired) electrons. The van der Waals surface area contributed by atoms with Crippen LogP contribution < -0.4 is 10.5 Å². The predicted molar refractivity (Wildman–Crippen MR) is 84.0 cm³/mol. The fraction of sp³-hybridized carbons (Fsp3) is 0.500. The number of nitrogens with two attached hydrogens (primary N) is 1. The number of hydrogen-bond acceptors (Lipinski definition) is 3. The first-order chi connectivity index (χ1) is 9.48. The first-order valence-corrected chi connectivity index (χ1v) is 8.56. The zero-order valence-corrected chi connectivity index (χ0v) is 14.2. The van der Waals surface area contributed by atoms with Crippen molar-refractivity contribution in [1.29, 1.82) is 0 Å². The molecular weight excluding hydrogens is 312 g/mol. The molecule has 0 unspecified atom stereocenters. The highest BCUT2D eigenvalue weighted by Crippen LogP contribution is 2.24. The third-order valence-electron chi connectivity index (χ3n) is 3.20. The second-order valence-corrected chi connectivity index (χ2v) is 7.68. The van der Waals surface area contributed by atoms with Crippen molar-refractivity contribution < 1.29 is 13.2 Å². The Morgan fingerprint density at radius 1 is 1.38 bits per heavy atom. The molecule has 1 aromatic carbocycles. The molecule has 0 saturated heterocycles. The molecule has 21 heavy (non-hydrogen) atoms. The van der Waals surface area contributed by atoms with Gasteiger partial charge in [-0.25, -0.2) is 13.6 Å². The van der Waals surface area contributed by atoms with Crippen LogP contribution in [0.2, 0.25) is 5.02 Å². The van der Waals surface area contributed by atoms with Crippen molar-refractivity contribution in [3.8, 4) is 0 Å². The van der Waals surface area contributed by atoms with E-state index >= 15 is 0 Å². The molecule has 0 atom stereocenters. The van der Waals surface area contributed by atoms with E-state index in [1.54, 1.807) is 0 Å². The monoisotopic (exact) mass is 332 g/mol. The number of amides is 1. The van der Waals surface area contributed by atoms with Crippen molar-refractivity contribution in [2.45, 2.75) is 51.0 Å². The van der Waals surface area contributed by atoms with Crippen LogP contribution in [0.3, 0.4) is 0 Å². The van der Waals surface area contributed by atoms with Crippen molar-refractivity contribution in [2.75, 3.05) is 0 Å². The lowest BCUT2D eigenvalue weighted by molar-refractivity contribution is 0.0908. The minimum Gasteiger partial charge on any atom is -0.347 e. The van der Waals surface area contributed by atoms with Crippen LogP contribution in [0, 0.1) is 6.92 Å². The number of halogens is 1. The van der Waals surface area contributed by atoms with Crippen LogP contribution in [-0.4, -0.2) is 19.9 Å². The number of hydrogen-bond donors (Lipinski definition) is 2. The van der Waals surface area contributed by atoms with Crippen LogP contribution in [0.25, 0.3) is 0 Å². The minimum absolute atomic E-state index is 0.131. The lowest BCUT2D eigenvalue weighted by Gasteiger charge is -2.26. The number of nitrogens with one attached hydrogen (secondary N) is 1. The van der Waals surface area contributed by atoms with E-state index < -0.39 is 10.0 Å². The summed E-state index contributed by atoms with van der Waals surface area (Å²) in [6, 6.07) is 2.70. The minimum atomic E-state index is -3.93. The lowest BCUT2D eigenvalue weighted by Crippen LogP contribution is -2.43. The van der Waals surface area contributed by atoms with E-state index in [0.29, 0.717) is 5.56 Å². The molecule has 0 saturated carbocycles. The number of primary sulfonamides is 1. The van der Waals surface area contributed by atoms with Crippen molar-refractivity contribution in [3.63, 3.8) is 0 Å². The molecule has 0 aliphatic rings.